The number of aromatic carboxylic acids is 2. The number of carbonyl (C=O) groups is 2. The second-order valence-corrected chi connectivity index (χ2v) is 5.09. The van der Waals surface area contributed by atoms with E-state index in [1.165, 1.54) is 6.07 Å². The van der Waals surface area contributed by atoms with Gasteiger partial charge in [-0.2, -0.15) is 8.42 Å². The standard InChI is InChI=1S/C11H10O7S/c1-2-8(19(16,17)18)9-6(10(12)13)4-3-5-7(9)11(14)15/h2-5,8H,1H2,(H,12,13)(H,14,15)(H,16,17,18). The van der Waals surface area contributed by atoms with Crippen LogP contribution in [0.2, 0.25) is 0 Å². The molecule has 8 heteroatoms. The minimum atomic E-state index is -4.72. The zero-order valence-corrected chi connectivity index (χ0v) is 10.3. The highest BCUT2D eigenvalue weighted by molar-refractivity contribution is 7.86. The quantitative estimate of drug-likeness (QED) is 0.547. The van der Waals surface area contributed by atoms with Gasteiger partial charge < -0.3 is 10.2 Å². The molecule has 0 radical (unpaired) electrons. The number of benzene rings is 1. The van der Waals surface area contributed by atoms with E-state index < -0.39 is 44.0 Å². The highest BCUT2D eigenvalue weighted by Crippen LogP contribution is 2.29. The van der Waals surface area contributed by atoms with Gasteiger partial charge in [-0.3, -0.25) is 4.55 Å². The van der Waals surface area contributed by atoms with Crippen LogP contribution in [0.4, 0.5) is 0 Å². The van der Waals surface area contributed by atoms with Crippen LogP contribution in [-0.4, -0.2) is 35.1 Å². The summed E-state index contributed by atoms with van der Waals surface area (Å²) in [7, 11) is -4.72. The Morgan fingerprint density at radius 1 is 1.16 bits per heavy atom. The molecule has 0 aliphatic heterocycles. The van der Waals surface area contributed by atoms with E-state index in [4.69, 9.17) is 14.8 Å². The van der Waals surface area contributed by atoms with Crippen LogP contribution in [0.3, 0.4) is 0 Å². The number of carboxylic acid groups (broad SMARTS) is 2. The van der Waals surface area contributed by atoms with Gasteiger partial charge in [0.25, 0.3) is 10.1 Å². The van der Waals surface area contributed by atoms with E-state index in [1.807, 2.05) is 0 Å². The molecule has 0 fully saturated rings. The van der Waals surface area contributed by atoms with Crippen molar-refractivity contribution in [3.8, 4) is 0 Å². The Balaban J connectivity index is 3.76. The summed E-state index contributed by atoms with van der Waals surface area (Å²) in [5.41, 5.74) is -1.58. The molecule has 0 saturated heterocycles. The van der Waals surface area contributed by atoms with Crippen LogP contribution in [0, 0.1) is 0 Å². The van der Waals surface area contributed by atoms with Crippen molar-refractivity contribution >= 4 is 22.1 Å². The number of rotatable bonds is 5. The van der Waals surface area contributed by atoms with Crippen molar-refractivity contribution in [3.05, 3.63) is 47.5 Å². The predicted molar refractivity (Wildman–Crippen MR) is 64.8 cm³/mol. The Hall–Kier alpha value is -2.19. The molecular weight excluding hydrogens is 276 g/mol. The average molecular weight is 286 g/mol. The fourth-order valence-electron chi connectivity index (χ4n) is 1.63. The lowest BCUT2D eigenvalue weighted by Crippen LogP contribution is -2.18. The number of hydrogen-bond acceptors (Lipinski definition) is 4. The van der Waals surface area contributed by atoms with Crippen LogP contribution in [0.1, 0.15) is 31.5 Å². The second-order valence-electron chi connectivity index (χ2n) is 3.55. The summed E-state index contributed by atoms with van der Waals surface area (Å²) in [6.45, 7) is 3.18. The topological polar surface area (TPSA) is 129 Å². The molecule has 0 heterocycles. The summed E-state index contributed by atoms with van der Waals surface area (Å²) in [4.78, 5) is 22.1. The SMILES string of the molecule is C=CC(c1c(C(=O)O)cccc1C(=O)O)S(=O)(=O)O. The van der Waals surface area contributed by atoms with Crippen molar-refractivity contribution in [3.63, 3.8) is 0 Å². The van der Waals surface area contributed by atoms with E-state index in [0.29, 0.717) is 0 Å². The van der Waals surface area contributed by atoms with Crippen LogP contribution in [0.15, 0.2) is 30.9 Å². The molecule has 1 aromatic carbocycles. The maximum absolute atomic E-state index is 11.2. The molecule has 7 nitrogen and oxygen atoms in total. The molecule has 0 aliphatic rings. The predicted octanol–water partition coefficient (Wildman–Crippen LogP) is 1.20. The Bertz CT molecular complexity index is 613. The first-order valence-electron chi connectivity index (χ1n) is 4.88. The molecule has 0 aliphatic carbocycles. The normalized spacial score (nSPS) is 12.7. The molecule has 0 amide bonds. The Morgan fingerprint density at radius 2 is 1.58 bits per heavy atom. The minimum Gasteiger partial charge on any atom is -0.478 e. The van der Waals surface area contributed by atoms with Crippen molar-refractivity contribution in [1.29, 1.82) is 0 Å². The molecular formula is C11H10O7S. The maximum atomic E-state index is 11.2. The monoisotopic (exact) mass is 286 g/mol. The third-order valence-corrected chi connectivity index (χ3v) is 3.46. The molecule has 0 saturated carbocycles. The molecule has 1 unspecified atom stereocenters. The molecule has 0 aromatic heterocycles. The zero-order valence-electron chi connectivity index (χ0n) is 9.48. The lowest BCUT2D eigenvalue weighted by molar-refractivity contribution is 0.0696. The van der Waals surface area contributed by atoms with Gasteiger partial charge in [0, 0.05) is 5.56 Å². The number of hydrogen-bond donors (Lipinski definition) is 3. The highest BCUT2D eigenvalue weighted by atomic mass is 32.2. The number of carboxylic acids is 2. The van der Waals surface area contributed by atoms with E-state index in [-0.39, 0.29) is 0 Å². The lowest BCUT2D eigenvalue weighted by Gasteiger charge is -2.15. The van der Waals surface area contributed by atoms with Gasteiger partial charge in [0.1, 0.15) is 5.25 Å². The molecule has 3 N–H and O–H groups in total. The summed E-state index contributed by atoms with van der Waals surface area (Å²) in [5, 5.41) is 16.1. The van der Waals surface area contributed by atoms with Gasteiger partial charge in [-0.1, -0.05) is 12.1 Å². The van der Waals surface area contributed by atoms with Crippen molar-refractivity contribution in [2.24, 2.45) is 0 Å². The summed E-state index contributed by atoms with van der Waals surface area (Å²) < 4.78 is 31.5. The van der Waals surface area contributed by atoms with Crippen LogP contribution >= 0.6 is 0 Å². The summed E-state index contributed by atoms with van der Waals surface area (Å²) in [5.74, 6) is -3.01. The van der Waals surface area contributed by atoms with Crippen LogP contribution in [-0.2, 0) is 10.1 Å². The van der Waals surface area contributed by atoms with E-state index in [1.54, 1.807) is 0 Å². The molecule has 1 atom stereocenters. The Morgan fingerprint density at radius 3 is 1.84 bits per heavy atom. The average Bonchev–Trinajstić information content (AvgIpc) is 2.27. The molecule has 0 bridgehead atoms. The summed E-state index contributed by atoms with van der Waals surface area (Å²) in [6.07, 6.45) is 0.767. The first kappa shape index (κ1) is 14.9. The zero-order chi connectivity index (χ0) is 14.8. The van der Waals surface area contributed by atoms with Gasteiger partial charge in [0.15, 0.2) is 0 Å². The van der Waals surface area contributed by atoms with Gasteiger partial charge in [-0.05, 0) is 12.1 Å². The Kier molecular flexibility index (Phi) is 4.07. The third kappa shape index (κ3) is 2.98. The van der Waals surface area contributed by atoms with E-state index in [9.17, 15) is 18.0 Å². The minimum absolute atomic E-state index is 0.526. The van der Waals surface area contributed by atoms with Gasteiger partial charge >= 0.3 is 11.9 Å². The first-order chi connectivity index (χ1) is 8.70. The van der Waals surface area contributed by atoms with Crippen LogP contribution < -0.4 is 0 Å². The summed E-state index contributed by atoms with van der Waals surface area (Å²) in [6, 6.07) is 3.26. The smallest absolute Gasteiger partial charge is 0.336 e. The van der Waals surface area contributed by atoms with Crippen LogP contribution in [0.25, 0.3) is 0 Å². The van der Waals surface area contributed by atoms with Crippen molar-refractivity contribution in [1.82, 2.24) is 0 Å². The highest BCUT2D eigenvalue weighted by Gasteiger charge is 2.31. The lowest BCUT2D eigenvalue weighted by atomic mass is 9.98. The molecule has 102 valence electrons. The fraction of sp³-hybridized carbons (Fsp3) is 0.0909. The van der Waals surface area contributed by atoms with Gasteiger partial charge in [0.2, 0.25) is 0 Å². The van der Waals surface area contributed by atoms with E-state index >= 15 is 0 Å². The second kappa shape index (κ2) is 5.21. The molecule has 1 aromatic rings. The van der Waals surface area contributed by atoms with E-state index in [0.717, 1.165) is 18.2 Å². The van der Waals surface area contributed by atoms with Gasteiger partial charge in [0.05, 0.1) is 11.1 Å². The van der Waals surface area contributed by atoms with Crippen molar-refractivity contribution in [2.75, 3.05) is 0 Å². The molecule has 19 heavy (non-hydrogen) atoms. The first-order valence-corrected chi connectivity index (χ1v) is 6.38. The fourth-order valence-corrected chi connectivity index (χ4v) is 2.43. The Labute approximate surface area is 108 Å². The van der Waals surface area contributed by atoms with E-state index in [2.05, 4.69) is 6.58 Å². The van der Waals surface area contributed by atoms with Crippen molar-refractivity contribution in [2.45, 2.75) is 5.25 Å². The van der Waals surface area contributed by atoms with Crippen molar-refractivity contribution < 1.29 is 32.8 Å². The largest absolute Gasteiger partial charge is 0.478 e. The molecule has 1 rings (SSSR count). The van der Waals surface area contributed by atoms with Gasteiger partial charge in [-0.25, -0.2) is 9.59 Å². The molecule has 0 spiro atoms. The third-order valence-electron chi connectivity index (χ3n) is 2.39. The maximum Gasteiger partial charge on any atom is 0.336 e. The van der Waals surface area contributed by atoms with Crippen LogP contribution in [0.5, 0.6) is 0 Å². The summed E-state index contributed by atoms with van der Waals surface area (Å²) >= 11 is 0. The van der Waals surface area contributed by atoms with Gasteiger partial charge in [-0.15, -0.1) is 6.58 Å².